The van der Waals surface area contributed by atoms with Gasteiger partial charge in [-0.2, -0.15) is 17.4 Å². The summed E-state index contributed by atoms with van der Waals surface area (Å²) in [6.45, 7) is 3.11. The Kier molecular flexibility index (Phi) is 5.01. The number of hydrogen-bond donors (Lipinski definition) is 1. The zero-order chi connectivity index (χ0) is 14.6. The normalized spacial score (nSPS) is 18.6. The predicted octanol–water partition coefficient (Wildman–Crippen LogP) is 2.08. The van der Waals surface area contributed by atoms with E-state index in [0.29, 0.717) is 19.6 Å². The number of hydrogen-bond acceptors (Lipinski definition) is 3. The molecule has 20 heavy (non-hydrogen) atoms. The summed E-state index contributed by atoms with van der Waals surface area (Å²) < 4.78 is 34.3. The minimum atomic E-state index is -3.45. The quantitative estimate of drug-likeness (QED) is 0.874. The Morgan fingerprint density at radius 3 is 2.90 bits per heavy atom. The van der Waals surface area contributed by atoms with Gasteiger partial charge in [-0.25, -0.2) is 0 Å². The van der Waals surface area contributed by atoms with Crippen LogP contribution in [-0.2, 0) is 10.2 Å². The van der Waals surface area contributed by atoms with E-state index >= 15 is 0 Å². The minimum Gasteiger partial charge on any atom is -0.493 e. The molecule has 6 heteroatoms. The van der Waals surface area contributed by atoms with Crippen LogP contribution < -0.4 is 9.46 Å². The van der Waals surface area contributed by atoms with Crippen molar-refractivity contribution in [2.24, 2.45) is 0 Å². The molecule has 0 spiro atoms. The molecule has 1 N–H and O–H groups in total. The van der Waals surface area contributed by atoms with Crippen molar-refractivity contribution in [3.63, 3.8) is 0 Å². The zero-order valence-corrected chi connectivity index (χ0v) is 12.8. The second-order valence-electron chi connectivity index (χ2n) is 5.03. The summed E-state index contributed by atoms with van der Waals surface area (Å²) in [4.78, 5) is 0. The van der Waals surface area contributed by atoms with Gasteiger partial charge < -0.3 is 4.74 Å². The summed E-state index contributed by atoms with van der Waals surface area (Å²) >= 11 is 0. The lowest BCUT2D eigenvalue weighted by atomic mass is 10.0. The van der Waals surface area contributed by atoms with Crippen LogP contribution in [0.2, 0.25) is 0 Å². The molecule has 1 atom stereocenters. The van der Waals surface area contributed by atoms with Crippen molar-refractivity contribution in [1.82, 2.24) is 9.03 Å². The first kappa shape index (κ1) is 15.3. The van der Waals surface area contributed by atoms with Crippen molar-refractivity contribution in [3.8, 4) is 5.75 Å². The highest BCUT2D eigenvalue weighted by Gasteiger charge is 2.27. The Balaban J connectivity index is 2.10. The van der Waals surface area contributed by atoms with E-state index in [1.54, 1.807) is 7.05 Å². The standard InChI is InChI=1S/C14H22N2O3S/c1-3-4-10-16(2)20(17,18)15-13-9-11-19-14-8-6-5-7-12(13)14/h5-8,13,15H,3-4,9-11H2,1-2H3/t13-/m0/s1. The van der Waals surface area contributed by atoms with Crippen LogP contribution in [0, 0.1) is 0 Å². The van der Waals surface area contributed by atoms with Gasteiger partial charge in [0.2, 0.25) is 0 Å². The molecule has 5 nitrogen and oxygen atoms in total. The summed E-state index contributed by atoms with van der Waals surface area (Å²) in [6, 6.07) is 7.36. The van der Waals surface area contributed by atoms with Gasteiger partial charge in [0.1, 0.15) is 5.75 Å². The third-order valence-electron chi connectivity index (χ3n) is 3.49. The van der Waals surface area contributed by atoms with Crippen LogP contribution in [0.1, 0.15) is 37.8 Å². The number of benzene rings is 1. The smallest absolute Gasteiger partial charge is 0.279 e. The van der Waals surface area contributed by atoms with Gasteiger partial charge in [-0.05, 0) is 12.5 Å². The van der Waals surface area contributed by atoms with E-state index in [1.807, 2.05) is 31.2 Å². The third-order valence-corrected chi connectivity index (χ3v) is 5.07. The van der Waals surface area contributed by atoms with Gasteiger partial charge in [0.25, 0.3) is 10.2 Å². The zero-order valence-electron chi connectivity index (χ0n) is 12.0. The number of nitrogens with zero attached hydrogens (tertiary/aromatic N) is 1. The molecular weight excluding hydrogens is 276 g/mol. The van der Waals surface area contributed by atoms with E-state index in [1.165, 1.54) is 4.31 Å². The molecule has 1 heterocycles. The summed E-state index contributed by atoms with van der Waals surface area (Å²) in [5.74, 6) is 0.766. The van der Waals surface area contributed by atoms with Crippen molar-refractivity contribution in [3.05, 3.63) is 29.8 Å². The van der Waals surface area contributed by atoms with Gasteiger partial charge in [-0.15, -0.1) is 0 Å². The van der Waals surface area contributed by atoms with E-state index in [4.69, 9.17) is 4.74 Å². The van der Waals surface area contributed by atoms with E-state index < -0.39 is 10.2 Å². The molecule has 0 saturated heterocycles. The lowest BCUT2D eigenvalue weighted by Crippen LogP contribution is -2.41. The van der Waals surface area contributed by atoms with Crippen molar-refractivity contribution in [1.29, 1.82) is 0 Å². The summed E-state index contributed by atoms with van der Waals surface area (Å²) in [5, 5.41) is 0. The Labute approximate surface area is 121 Å². The first-order valence-corrected chi connectivity index (χ1v) is 8.44. The molecule has 0 bridgehead atoms. The molecule has 112 valence electrons. The van der Waals surface area contributed by atoms with E-state index in [9.17, 15) is 8.42 Å². The maximum atomic E-state index is 12.3. The maximum absolute atomic E-state index is 12.3. The fraction of sp³-hybridized carbons (Fsp3) is 0.571. The number of ether oxygens (including phenoxy) is 1. The van der Waals surface area contributed by atoms with E-state index in [2.05, 4.69) is 4.72 Å². The molecular formula is C14H22N2O3S. The Bertz CT molecular complexity index is 545. The number of fused-ring (bicyclic) bond motifs is 1. The fourth-order valence-electron chi connectivity index (χ4n) is 2.24. The van der Waals surface area contributed by atoms with Crippen molar-refractivity contribution < 1.29 is 13.2 Å². The third kappa shape index (κ3) is 3.50. The molecule has 0 aliphatic carbocycles. The molecule has 0 amide bonds. The molecule has 1 aliphatic rings. The Morgan fingerprint density at radius 1 is 1.40 bits per heavy atom. The van der Waals surface area contributed by atoms with Crippen LogP contribution >= 0.6 is 0 Å². The number of unbranched alkanes of at least 4 members (excludes halogenated alkanes) is 1. The molecule has 0 fully saturated rings. The van der Waals surface area contributed by atoms with Crippen molar-refractivity contribution >= 4 is 10.2 Å². The molecule has 1 aliphatic heterocycles. The minimum absolute atomic E-state index is 0.214. The number of nitrogens with one attached hydrogen (secondary N) is 1. The molecule has 0 radical (unpaired) electrons. The van der Waals surface area contributed by atoms with Gasteiger partial charge in [-0.3, -0.25) is 0 Å². The highest BCUT2D eigenvalue weighted by Crippen LogP contribution is 2.32. The predicted molar refractivity (Wildman–Crippen MR) is 78.9 cm³/mol. The molecule has 1 aromatic rings. The molecule has 2 rings (SSSR count). The number of rotatable bonds is 6. The van der Waals surface area contributed by atoms with Crippen LogP contribution in [-0.4, -0.2) is 32.9 Å². The van der Waals surface area contributed by atoms with Crippen LogP contribution in [0.3, 0.4) is 0 Å². The highest BCUT2D eigenvalue weighted by atomic mass is 32.2. The Morgan fingerprint density at radius 2 is 2.15 bits per heavy atom. The van der Waals surface area contributed by atoms with Crippen LogP contribution in [0.25, 0.3) is 0 Å². The van der Waals surface area contributed by atoms with Gasteiger partial charge in [0.15, 0.2) is 0 Å². The van der Waals surface area contributed by atoms with Crippen LogP contribution in [0.4, 0.5) is 0 Å². The molecule has 0 aromatic heterocycles. The Hall–Kier alpha value is -1.11. The number of para-hydroxylation sites is 1. The topological polar surface area (TPSA) is 58.6 Å². The lowest BCUT2D eigenvalue weighted by molar-refractivity contribution is 0.261. The molecule has 1 aromatic carbocycles. The second kappa shape index (κ2) is 6.56. The summed E-state index contributed by atoms with van der Waals surface area (Å²) in [6.07, 6.45) is 2.49. The van der Waals surface area contributed by atoms with Crippen LogP contribution in [0.5, 0.6) is 5.75 Å². The lowest BCUT2D eigenvalue weighted by Gasteiger charge is -2.28. The van der Waals surface area contributed by atoms with Gasteiger partial charge in [0, 0.05) is 25.6 Å². The van der Waals surface area contributed by atoms with E-state index in [-0.39, 0.29) is 6.04 Å². The molecule has 0 unspecified atom stereocenters. The monoisotopic (exact) mass is 298 g/mol. The average molecular weight is 298 g/mol. The van der Waals surface area contributed by atoms with Crippen LogP contribution in [0.15, 0.2) is 24.3 Å². The summed E-state index contributed by atoms with van der Waals surface area (Å²) in [7, 11) is -1.83. The van der Waals surface area contributed by atoms with E-state index in [0.717, 1.165) is 24.2 Å². The van der Waals surface area contributed by atoms with Gasteiger partial charge in [-0.1, -0.05) is 31.5 Å². The first-order valence-electron chi connectivity index (χ1n) is 7.00. The highest BCUT2D eigenvalue weighted by molar-refractivity contribution is 7.87. The second-order valence-corrected chi connectivity index (χ2v) is 6.83. The van der Waals surface area contributed by atoms with Gasteiger partial charge >= 0.3 is 0 Å². The SMILES string of the molecule is CCCCN(C)S(=O)(=O)N[C@H]1CCOc2ccccc21. The maximum Gasteiger partial charge on any atom is 0.279 e. The molecule has 0 saturated carbocycles. The van der Waals surface area contributed by atoms with Crippen molar-refractivity contribution in [2.75, 3.05) is 20.2 Å². The van der Waals surface area contributed by atoms with Crippen molar-refractivity contribution in [2.45, 2.75) is 32.2 Å². The van der Waals surface area contributed by atoms with Gasteiger partial charge in [0.05, 0.1) is 12.6 Å². The fourth-order valence-corrected chi connectivity index (χ4v) is 3.39. The largest absolute Gasteiger partial charge is 0.493 e. The summed E-state index contributed by atoms with van der Waals surface area (Å²) in [5.41, 5.74) is 0.909. The average Bonchev–Trinajstić information content (AvgIpc) is 2.44. The first-order chi connectivity index (χ1) is 9.54.